The molecule has 2 aliphatic heterocycles. The van der Waals surface area contributed by atoms with Crippen molar-refractivity contribution in [2.45, 2.75) is 39.8 Å². The summed E-state index contributed by atoms with van der Waals surface area (Å²) in [6.45, 7) is 13.2. The van der Waals surface area contributed by atoms with Crippen LogP contribution < -0.4 is 9.47 Å². The zero-order valence-electron chi connectivity index (χ0n) is 27.5. The molecule has 0 radical (unpaired) electrons. The van der Waals surface area contributed by atoms with Crippen molar-refractivity contribution in [3.63, 3.8) is 0 Å². The highest BCUT2D eigenvalue weighted by Gasteiger charge is 2.21. The summed E-state index contributed by atoms with van der Waals surface area (Å²) in [5.41, 5.74) is 2.87. The Balaban J connectivity index is 1.13. The Morgan fingerprint density at radius 3 is 1.46 bits per heavy atom. The molecular weight excluding hydrogens is 622 g/mol. The smallest absolute Gasteiger partial charge is 0.336 e. The average molecular weight is 665 g/mol. The molecule has 0 N–H and O–H groups in total. The number of nitrogens with zero attached hydrogens (tertiary/aromatic N) is 4. The summed E-state index contributed by atoms with van der Waals surface area (Å²) in [4.78, 5) is 30.6. The predicted octanol–water partition coefficient (Wildman–Crippen LogP) is 5.00. The van der Waals surface area contributed by atoms with Gasteiger partial charge in [-0.15, -0.1) is 0 Å². The van der Waals surface area contributed by atoms with E-state index in [0.717, 1.165) is 102 Å². The van der Waals surface area contributed by atoms with E-state index >= 15 is 0 Å². The third kappa shape index (κ3) is 7.78. The molecule has 4 heterocycles. The monoisotopic (exact) mass is 664 g/mol. The van der Waals surface area contributed by atoms with Crippen LogP contribution in [-0.2, 0) is 32.2 Å². The molecule has 4 aromatic rings. The predicted molar refractivity (Wildman–Crippen MR) is 177 cm³/mol. The zero-order valence-corrected chi connectivity index (χ0v) is 27.5. The minimum Gasteiger partial charge on any atom is -0.421 e. The topological polar surface area (TPSA) is 87.4 Å². The van der Waals surface area contributed by atoms with Gasteiger partial charge in [0, 0.05) is 75.3 Å². The minimum absolute atomic E-state index is 0.241. The van der Waals surface area contributed by atoms with Crippen LogP contribution in [0.15, 0.2) is 48.6 Å². The Morgan fingerprint density at radius 2 is 1.06 bits per heavy atom. The number of benzene rings is 2. The fourth-order valence-corrected chi connectivity index (χ4v) is 6.64. The van der Waals surface area contributed by atoms with Crippen molar-refractivity contribution in [1.29, 1.82) is 0 Å². The molecule has 48 heavy (non-hydrogen) atoms. The van der Waals surface area contributed by atoms with Gasteiger partial charge in [0.05, 0.1) is 48.8 Å². The fraction of sp³-hybridized carbons (Fsp3) is 0.444. The van der Waals surface area contributed by atoms with E-state index in [1.165, 1.54) is 24.3 Å². The van der Waals surface area contributed by atoms with Crippen LogP contribution in [0.25, 0.3) is 21.8 Å². The van der Waals surface area contributed by atoms with Crippen molar-refractivity contribution in [2.75, 3.05) is 65.7 Å². The lowest BCUT2D eigenvalue weighted by Crippen LogP contribution is -2.37. The van der Waals surface area contributed by atoms with Crippen LogP contribution in [0.5, 0.6) is 11.5 Å². The quantitative estimate of drug-likeness (QED) is 0.155. The lowest BCUT2D eigenvalue weighted by Gasteiger charge is -2.26. The maximum absolute atomic E-state index is 14.3. The van der Waals surface area contributed by atoms with Crippen molar-refractivity contribution in [1.82, 2.24) is 18.9 Å². The van der Waals surface area contributed by atoms with E-state index in [9.17, 15) is 18.4 Å². The summed E-state index contributed by atoms with van der Waals surface area (Å²) >= 11 is 0. The SMILES string of the molecule is Cc1c(OC(=O)/C=C\C(=O)Oc2c(C)n(CCCN3CCOCC3)c3ccc(F)cc23)c2cc(F)ccc2n1CCCN1CCOCC1. The second-order valence-electron chi connectivity index (χ2n) is 12.2. The van der Waals surface area contributed by atoms with Crippen LogP contribution in [0.1, 0.15) is 24.2 Å². The summed E-state index contributed by atoms with van der Waals surface area (Å²) in [6, 6.07) is 8.83. The summed E-state index contributed by atoms with van der Waals surface area (Å²) < 4.78 is 54.9. The first-order valence-corrected chi connectivity index (χ1v) is 16.6. The molecule has 2 aliphatic rings. The molecule has 6 rings (SSSR count). The number of ether oxygens (including phenoxy) is 4. The molecule has 2 aromatic heterocycles. The van der Waals surface area contributed by atoms with Gasteiger partial charge in [-0.2, -0.15) is 0 Å². The molecular formula is C36H42F2N4O6. The third-order valence-corrected chi connectivity index (χ3v) is 9.14. The van der Waals surface area contributed by atoms with Gasteiger partial charge in [0.1, 0.15) is 11.6 Å². The van der Waals surface area contributed by atoms with E-state index < -0.39 is 23.6 Å². The first-order chi connectivity index (χ1) is 23.3. The molecule has 256 valence electrons. The molecule has 2 saturated heterocycles. The van der Waals surface area contributed by atoms with Crippen molar-refractivity contribution in [3.05, 3.63) is 71.6 Å². The van der Waals surface area contributed by atoms with Crippen molar-refractivity contribution in [3.8, 4) is 11.5 Å². The number of carbonyl (C=O) groups is 2. The second-order valence-corrected chi connectivity index (χ2v) is 12.2. The van der Waals surface area contributed by atoms with Gasteiger partial charge in [-0.1, -0.05) is 0 Å². The number of hydrogen-bond donors (Lipinski definition) is 0. The van der Waals surface area contributed by atoms with E-state index in [1.54, 1.807) is 12.1 Å². The highest BCUT2D eigenvalue weighted by atomic mass is 19.1. The van der Waals surface area contributed by atoms with Gasteiger partial charge in [0.15, 0.2) is 11.5 Å². The van der Waals surface area contributed by atoms with Crippen LogP contribution in [0.2, 0.25) is 0 Å². The molecule has 2 fully saturated rings. The van der Waals surface area contributed by atoms with E-state index in [-0.39, 0.29) is 11.5 Å². The van der Waals surface area contributed by atoms with E-state index in [4.69, 9.17) is 18.9 Å². The van der Waals surface area contributed by atoms with Crippen LogP contribution in [0.4, 0.5) is 8.78 Å². The van der Waals surface area contributed by atoms with Gasteiger partial charge < -0.3 is 28.1 Å². The molecule has 0 atom stereocenters. The molecule has 10 nitrogen and oxygen atoms in total. The number of aromatic nitrogens is 2. The van der Waals surface area contributed by atoms with Crippen LogP contribution in [-0.4, -0.2) is 96.6 Å². The van der Waals surface area contributed by atoms with Crippen molar-refractivity contribution in [2.24, 2.45) is 0 Å². The summed E-state index contributed by atoms with van der Waals surface area (Å²) in [7, 11) is 0. The van der Waals surface area contributed by atoms with Crippen LogP contribution in [0, 0.1) is 25.5 Å². The summed E-state index contributed by atoms with van der Waals surface area (Å²) in [5, 5.41) is 0.949. The first kappa shape index (κ1) is 33.8. The molecule has 0 spiro atoms. The number of halogens is 2. The minimum atomic E-state index is -0.806. The average Bonchev–Trinajstić information content (AvgIpc) is 3.49. The molecule has 12 heteroatoms. The van der Waals surface area contributed by atoms with E-state index in [1.807, 2.05) is 23.0 Å². The standard InChI is InChI=1S/C36H42F2N4O6/c1-25-35(29-23-27(37)5-7-31(29)41(25)13-3-11-39-15-19-45-20-16-39)47-33(43)9-10-34(44)48-36-26(2)42(32-8-6-28(38)24-30(32)36)14-4-12-40-17-21-46-22-18-40/h5-10,23-24H,3-4,11-22H2,1-2H3/b10-9-. The van der Waals surface area contributed by atoms with Gasteiger partial charge in [-0.05, 0) is 63.1 Å². The maximum Gasteiger partial charge on any atom is 0.336 e. The number of rotatable bonds is 12. The Hall–Kier alpha value is -4.10. The molecule has 0 unspecified atom stereocenters. The largest absolute Gasteiger partial charge is 0.421 e. The number of fused-ring (bicyclic) bond motifs is 2. The second kappa shape index (κ2) is 15.4. The number of esters is 2. The number of hydrogen-bond acceptors (Lipinski definition) is 8. The molecule has 0 saturated carbocycles. The molecule has 0 aliphatic carbocycles. The van der Waals surface area contributed by atoms with Crippen LogP contribution >= 0.6 is 0 Å². The lowest BCUT2D eigenvalue weighted by molar-refractivity contribution is -0.131. The summed E-state index contributed by atoms with van der Waals surface area (Å²) in [6.07, 6.45) is 3.68. The Morgan fingerprint density at radius 1 is 0.667 bits per heavy atom. The van der Waals surface area contributed by atoms with E-state index in [0.29, 0.717) is 35.2 Å². The fourth-order valence-electron chi connectivity index (χ4n) is 6.64. The van der Waals surface area contributed by atoms with Crippen molar-refractivity contribution >= 4 is 33.7 Å². The van der Waals surface area contributed by atoms with Gasteiger partial charge in [-0.25, -0.2) is 18.4 Å². The Bertz CT molecular complexity index is 1670. The first-order valence-electron chi connectivity index (χ1n) is 16.6. The van der Waals surface area contributed by atoms with Gasteiger partial charge in [-0.3, -0.25) is 9.80 Å². The third-order valence-electron chi connectivity index (χ3n) is 9.14. The molecule has 2 aromatic carbocycles. The summed E-state index contributed by atoms with van der Waals surface area (Å²) in [5.74, 6) is -2.02. The lowest BCUT2D eigenvalue weighted by atomic mass is 10.2. The highest BCUT2D eigenvalue weighted by Crippen LogP contribution is 2.35. The Labute approximate surface area is 278 Å². The Kier molecular flexibility index (Phi) is 10.9. The highest BCUT2D eigenvalue weighted by molar-refractivity contribution is 5.98. The van der Waals surface area contributed by atoms with E-state index in [2.05, 4.69) is 9.80 Å². The maximum atomic E-state index is 14.3. The number of aryl methyl sites for hydroxylation is 2. The van der Waals surface area contributed by atoms with Gasteiger partial charge >= 0.3 is 11.9 Å². The number of carbonyl (C=O) groups excluding carboxylic acids is 2. The van der Waals surface area contributed by atoms with Crippen LogP contribution in [0.3, 0.4) is 0 Å². The molecule has 0 bridgehead atoms. The number of morpholine rings is 2. The molecule has 0 amide bonds. The van der Waals surface area contributed by atoms with Crippen molar-refractivity contribution < 1.29 is 37.3 Å². The zero-order chi connectivity index (χ0) is 33.6. The van der Waals surface area contributed by atoms with Gasteiger partial charge in [0.25, 0.3) is 0 Å². The van der Waals surface area contributed by atoms with Gasteiger partial charge in [0.2, 0.25) is 0 Å². The normalized spacial score (nSPS) is 16.3.